The van der Waals surface area contributed by atoms with Gasteiger partial charge in [0.1, 0.15) is 11.5 Å². The first kappa shape index (κ1) is 28.7. The van der Waals surface area contributed by atoms with E-state index >= 15 is 0 Å². The van der Waals surface area contributed by atoms with E-state index in [1.807, 2.05) is 48.5 Å². The van der Waals surface area contributed by atoms with Crippen LogP contribution in [0.4, 0.5) is 0 Å². The van der Waals surface area contributed by atoms with Crippen molar-refractivity contribution in [2.75, 3.05) is 14.2 Å². The van der Waals surface area contributed by atoms with Crippen LogP contribution in [0.25, 0.3) is 21.5 Å². The molecule has 0 radical (unpaired) electrons. The molecule has 0 aromatic heterocycles. The van der Waals surface area contributed by atoms with Crippen LogP contribution in [0.5, 0.6) is 11.5 Å². The molecule has 184 valence electrons. The third kappa shape index (κ3) is 6.35. The van der Waals surface area contributed by atoms with Crippen molar-refractivity contribution in [3.05, 3.63) is 83.9 Å². The van der Waals surface area contributed by atoms with Gasteiger partial charge in [-0.15, -0.1) is 0 Å². The van der Waals surface area contributed by atoms with Gasteiger partial charge >= 0.3 is 20.8 Å². The molecule has 36 heavy (non-hydrogen) atoms. The predicted molar refractivity (Wildman–Crippen MR) is 136 cm³/mol. The Bertz CT molecular complexity index is 1230. The van der Waals surface area contributed by atoms with Gasteiger partial charge < -0.3 is 29.3 Å². The monoisotopic (exact) mass is 502 g/mol. The summed E-state index contributed by atoms with van der Waals surface area (Å²) in [7, 11) is 3.20. The van der Waals surface area contributed by atoms with Crippen molar-refractivity contribution in [1.82, 2.24) is 0 Å². The number of carboxylic acid groups (broad SMARTS) is 2. The van der Waals surface area contributed by atoms with Crippen molar-refractivity contribution in [3.63, 3.8) is 0 Å². The SMILES string of the molecule is COc1ccc(C(C)C(=O)[O-])c2ccccc12.COc1ccc(C(C)C(=O)[O-])c2ccccc12.[OH][Al+2]. The number of carboxylic acids is 2. The molecule has 0 aliphatic rings. The molecule has 0 aliphatic heterocycles. The number of ether oxygens (including phenoxy) is 2. The van der Waals surface area contributed by atoms with Crippen LogP contribution in [0, 0.1) is 0 Å². The Morgan fingerprint density at radius 3 is 1.22 bits per heavy atom. The van der Waals surface area contributed by atoms with E-state index in [-0.39, 0.29) is 0 Å². The Labute approximate surface area is 218 Å². The van der Waals surface area contributed by atoms with Crippen LogP contribution in [0.2, 0.25) is 0 Å². The summed E-state index contributed by atoms with van der Waals surface area (Å²) in [6.07, 6.45) is 0. The molecule has 4 rings (SSSR count). The summed E-state index contributed by atoms with van der Waals surface area (Å²) in [6.45, 7) is 3.26. The fourth-order valence-electron chi connectivity index (χ4n) is 3.95. The minimum absolute atomic E-state index is 0.634. The number of aliphatic carboxylic acids is 2. The number of carbonyl (C=O) groups is 2. The van der Waals surface area contributed by atoms with Crippen molar-refractivity contribution in [1.29, 1.82) is 0 Å². The van der Waals surface area contributed by atoms with Gasteiger partial charge in [-0.2, -0.15) is 0 Å². The molecule has 0 saturated heterocycles. The second-order valence-electron chi connectivity index (χ2n) is 7.89. The van der Waals surface area contributed by atoms with E-state index in [9.17, 15) is 19.8 Å². The van der Waals surface area contributed by atoms with Gasteiger partial charge in [0.25, 0.3) is 0 Å². The van der Waals surface area contributed by atoms with Crippen molar-refractivity contribution < 1.29 is 33.4 Å². The molecule has 0 amide bonds. The molecule has 7 nitrogen and oxygen atoms in total. The first-order chi connectivity index (χ1) is 17.3. The third-order valence-electron chi connectivity index (χ3n) is 5.92. The van der Waals surface area contributed by atoms with Crippen LogP contribution in [-0.2, 0) is 9.59 Å². The van der Waals surface area contributed by atoms with Gasteiger partial charge in [0.2, 0.25) is 0 Å². The van der Waals surface area contributed by atoms with Crippen LogP contribution < -0.4 is 19.7 Å². The van der Waals surface area contributed by atoms with Crippen molar-refractivity contribution in [2.45, 2.75) is 25.7 Å². The zero-order valence-corrected chi connectivity index (χ0v) is 21.7. The molecule has 0 aliphatic carbocycles. The van der Waals surface area contributed by atoms with Crippen LogP contribution in [-0.4, -0.2) is 46.9 Å². The second kappa shape index (κ2) is 13.5. The number of carbonyl (C=O) groups excluding carboxylic acids is 2. The summed E-state index contributed by atoms with van der Waals surface area (Å²) < 4.78 is 17.4. The molecule has 0 fully saturated rings. The van der Waals surface area contributed by atoms with Crippen LogP contribution >= 0.6 is 0 Å². The second-order valence-corrected chi connectivity index (χ2v) is 7.89. The number of benzene rings is 4. The quantitative estimate of drug-likeness (QED) is 0.402. The van der Waals surface area contributed by atoms with Gasteiger partial charge in [0, 0.05) is 34.5 Å². The standard InChI is InChI=1S/2C14H14O3.Al.H2O/c2*1-9(14(15)16)10-7-8-13(17-2)12-6-4-3-5-11(10)12;;/h2*3-9H,1-2H3,(H,15,16);;1H2/q;;+3;/p-3. The van der Waals surface area contributed by atoms with E-state index in [1.165, 1.54) is 16.6 Å². The number of hydrogen-bond acceptors (Lipinski definition) is 7. The first-order valence-electron chi connectivity index (χ1n) is 11.1. The average molecular weight is 502 g/mol. The van der Waals surface area contributed by atoms with Crippen LogP contribution in [0.1, 0.15) is 36.8 Å². The fourth-order valence-corrected chi connectivity index (χ4v) is 3.95. The van der Waals surface area contributed by atoms with Gasteiger partial charge in [0.15, 0.2) is 0 Å². The number of methoxy groups -OCH3 is 2. The molecule has 8 heteroatoms. The van der Waals surface area contributed by atoms with Crippen LogP contribution in [0.15, 0.2) is 72.8 Å². The Balaban J connectivity index is 0.000000237. The summed E-state index contributed by atoms with van der Waals surface area (Å²) >= 11 is 1.42. The van der Waals surface area contributed by atoms with E-state index in [2.05, 4.69) is 0 Å². The summed E-state index contributed by atoms with van der Waals surface area (Å²) in [4.78, 5) is 21.9. The van der Waals surface area contributed by atoms with E-state index in [4.69, 9.17) is 13.6 Å². The number of hydrogen-bond donors (Lipinski definition) is 1. The summed E-state index contributed by atoms with van der Waals surface area (Å²) in [6, 6.07) is 22.3. The summed E-state index contributed by atoms with van der Waals surface area (Å²) in [5.41, 5.74) is 1.50. The Hall–Kier alpha value is -3.57. The molecule has 0 heterocycles. The zero-order valence-electron chi connectivity index (χ0n) is 20.6. The Kier molecular flexibility index (Phi) is 10.8. The fraction of sp³-hybridized carbons (Fsp3) is 0.214. The molecule has 0 spiro atoms. The van der Waals surface area contributed by atoms with Gasteiger partial charge in [0.05, 0.1) is 14.2 Å². The van der Waals surface area contributed by atoms with Crippen molar-refractivity contribution >= 4 is 50.1 Å². The number of rotatable bonds is 6. The van der Waals surface area contributed by atoms with E-state index < -0.39 is 23.8 Å². The molecule has 2 atom stereocenters. The Morgan fingerprint density at radius 2 is 0.944 bits per heavy atom. The Morgan fingerprint density at radius 1 is 0.639 bits per heavy atom. The number of fused-ring (bicyclic) bond motifs is 2. The maximum atomic E-state index is 11.0. The third-order valence-corrected chi connectivity index (χ3v) is 5.92. The van der Waals surface area contributed by atoms with Crippen molar-refractivity contribution in [3.8, 4) is 11.5 Å². The van der Waals surface area contributed by atoms with Crippen molar-refractivity contribution in [2.24, 2.45) is 0 Å². The van der Waals surface area contributed by atoms with Gasteiger partial charge in [-0.05, 0) is 34.0 Å². The van der Waals surface area contributed by atoms with E-state index in [0.29, 0.717) is 0 Å². The maximum absolute atomic E-state index is 11.0. The topological polar surface area (TPSA) is 119 Å². The zero-order chi connectivity index (χ0) is 26.8. The first-order valence-corrected chi connectivity index (χ1v) is 11.6. The van der Waals surface area contributed by atoms with Gasteiger partial charge in [-0.1, -0.05) is 74.5 Å². The van der Waals surface area contributed by atoms with E-state index in [0.717, 1.165) is 44.2 Å². The average Bonchev–Trinajstić information content (AvgIpc) is 2.92. The normalized spacial score (nSPS) is 11.9. The molecule has 0 saturated carbocycles. The molecule has 4 aromatic carbocycles. The molecular weight excluding hydrogens is 475 g/mol. The molecular formula is C28H27AlO7. The molecule has 0 bridgehead atoms. The predicted octanol–water partition coefficient (Wildman–Crippen LogP) is 2.47. The summed E-state index contributed by atoms with van der Waals surface area (Å²) in [5, 5.41) is 25.5. The van der Waals surface area contributed by atoms with E-state index in [1.54, 1.807) is 52.3 Å². The molecule has 4 aromatic rings. The molecule has 2 unspecified atom stereocenters. The minimum atomic E-state index is -1.07. The van der Waals surface area contributed by atoms with Crippen LogP contribution in [0.3, 0.4) is 0 Å². The molecule has 1 N–H and O–H groups in total. The van der Waals surface area contributed by atoms with Gasteiger partial charge in [-0.3, -0.25) is 0 Å². The summed E-state index contributed by atoms with van der Waals surface area (Å²) in [5.74, 6) is -1.91. The van der Waals surface area contributed by atoms with Gasteiger partial charge in [-0.25, -0.2) is 0 Å².